The summed E-state index contributed by atoms with van der Waals surface area (Å²) in [5, 5.41) is 5.69. The normalized spacial score (nSPS) is 19.0. The monoisotopic (exact) mass is 399 g/mol. The minimum absolute atomic E-state index is 0.00264. The highest BCUT2D eigenvalue weighted by Crippen LogP contribution is 2.40. The second-order valence-corrected chi connectivity index (χ2v) is 8.15. The first-order valence-electron chi connectivity index (χ1n) is 10.7. The largest absolute Gasteiger partial charge is 0.493 e. The number of nitrogens with one attached hydrogen (secondary N) is 1. The Kier molecular flexibility index (Phi) is 6.43. The summed E-state index contributed by atoms with van der Waals surface area (Å²) in [6.45, 7) is 5.31. The Morgan fingerprint density at radius 2 is 1.97 bits per heavy atom. The number of benzene rings is 2. The van der Waals surface area contributed by atoms with Crippen LogP contribution >= 0.6 is 0 Å². The quantitative estimate of drug-likeness (QED) is 0.711. The van der Waals surface area contributed by atoms with Crippen molar-refractivity contribution in [3.63, 3.8) is 0 Å². The molecule has 0 saturated carbocycles. The van der Waals surface area contributed by atoms with Gasteiger partial charge < -0.3 is 30.2 Å². The van der Waals surface area contributed by atoms with Crippen molar-refractivity contribution >= 4 is 16.5 Å². The molecule has 2 heterocycles. The van der Waals surface area contributed by atoms with Gasteiger partial charge in [-0.15, -0.1) is 0 Å². The van der Waals surface area contributed by atoms with Gasteiger partial charge in [0.2, 0.25) is 0 Å². The van der Waals surface area contributed by atoms with E-state index in [1.165, 1.54) is 17.4 Å². The average molecular weight is 400 g/mol. The van der Waals surface area contributed by atoms with Gasteiger partial charge in [0.15, 0.2) is 11.5 Å². The summed E-state index contributed by atoms with van der Waals surface area (Å²) in [5.41, 5.74) is 8.75. The number of nitrogens with zero attached hydrogens (tertiary/aromatic N) is 1. The fourth-order valence-corrected chi connectivity index (χ4v) is 4.31. The van der Waals surface area contributed by atoms with Gasteiger partial charge in [-0.1, -0.05) is 0 Å². The average Bonchev–Trinajstić information content (AvgIpc) is 2.73. The van der Waals surface area contributed by atoms with Gasteiger partial charge in [-0.05, 0) is 78.9 Å². The van der Waals surface area contributed by atoms with E-state index in [9.17, 15) is 0 Å². The van der Waals surface area contributed by atoms with E-state index in [-0.39, 0.29) is 6.04 Å². The number of fused-ring (bicyclic) bond motifs is 1. The molecule has 2 aliphatic heterocycles. The summed E-state index contributed by atoms with van der Waals surface area (Å²) in [6, 6.07) is 8.65. The Balaban J connectivity index is 1.61. The zero-order valence-corrected chi connectivity index (χ0v) is 17.6. The molecule has 0 amide bonds. The summed E-state index contributed by atoms with van der Waals surface area (Å²) >= 11 is 0. The Morgan fingerprint density at radius 3 is 2.62 bits per heavy atom. The van der Waals surface area contributed by atoms with Crippen LogP contribution in [0.3, 0.4) is 0 Å². The zero-order valence-electron chi connectivity index (χ0n) is 17.6. The predicted octanol–water partition coefficient (Wildman–Crippen LogP) is 3.20. The van der Waals surface area contributed by atoms with Crippen LogP contribution in [0.15, 0.2) is 24.3 Å². The number of hydrogen-bond acceptors (Lipinski definition) is 6. The number of methoxy groups -OCH3 is 1. The van der Waals surface area contributed by atoms with Crippen molar-refractivity contribution in [2.45, 2.75) is 31.2 Å². The van der Waals surface area contributed by atoms with E-state index in [2.05, 4.69) is 34.5 Å². The summed E-state index contributed by atoms with van der Waals surface area (Å²) in [4.78, 5) is 2.37. The third-order valence-corrected chi connectivity index (χ3v) is 6.11. The predicted molar refractivity (Wildman–Crippen MR) is 117 cm³/mol. The molecule has 0 aromatic heterocycles. The minimum Gasteiger partial charge on any atom is -0.493 e. The fraction of sp³-hybridized carbons (Fsp3) is 0.565. The Labute approximate surface area is 173 Å². The lowest BCUT2D eigenvalue weighted by molar-refractivity contribution is 0.0856. The third kappa shape index (κ3) is 4.60. The zero-order chi connectivity index (χ0) is 20.2. The SMILES string of the molecule is CNc1cc(C2CCOCC2)c2cc(OC)c(OC[C@H](N)CN3CCC3)cc2c1. The van der Waals surface area contributed by atoms with Crippen LogP contribution in [0.2, 0.25) is 0 Å². The van der Waals surface area contributed by atoms with Gasteiger partial charge >= 0.3 is 0 Å². The van der Waals surface area contributed by atoms with Gasteiger partial charge in [-0.2, -0.15) is 0 Å². The lowest BCUT2D eigenvalue weighted by Crippen LogP contribution is -2.47. The first-order valence-corrected chi connectivity index (χ1v) is 10.7. The van der Waals surface area contributed by atoms with Crippen molar-refractivity contribution in [1.29, 1.82) is 0 Å². The highest BCUT2D eigenvalue weighted by atomic mass is 16.5. The molecular formula is C23H33N3O3. The fourth-order valence-electron chi connectivity index (χ4n) is 4.31. The molecule has 0 aliphatic carbocycles. The van der Waals surface area contributed by atoms with Crippen LogP contribution in [0.4, 0.5) is 5.69 Å². The van der Waals surface area contributed by atoms with Gasteiger partial charge in [0.1, 0.15) is 6.61 Å². The van der Waals surface area contributed by atoms with E-state index < -0.39 is 0 Å². The van der Waals surface area contributed by atoms with Crippen molar-refractivity contribution in [1.82, 2.24) is 4.90 Å². The van der Waals surface area contributed by atoms with Crippen LogP contribution in [-0.4, -0.2) is 64.6 Å². The summed E-state index contributed by atoms with van der Waals surface area (Å²) in [7, 11) is 3.66. The van der Waals surface area contributed by atoms with Crippen molar-refractivity contribution in [2.24, 2.45) is 5.73 Å². The molecule has 0 bridgehead atoms. The molecule has 29 heavy (non-hydrogen) atoms. The van der Waals surface area contributed by atoms with E-state index in [4.69, 9.17) is 19.9 Å². The molecule has 2 saturated heterocycles. The van der Waals surface area contributed by atoms with Crippen molar-refractivity contribution < 1.29 is 14.2 Å². The molecule has 3 N–H and O–H groups in total. The molecule has 6 nitrogen and oxygen atoms in total. The lowest BCUT2D eigenvalue weighted by atomic mass is 9.87. The van der Waals surface area contributed by atoms with Gasteiger partial charge in [-0.3, -0.25) is 0 Å². The maximum Gasteiger partial charge on any atom is 0.161 e. The van der Waals surface area contributed by atoms with Crippen LogP contribution in [0, 0.1) is 0 Å². The van der Waals surface area contributed by atoms with E-state index in [1.54, 1.807) is 7.11 Å². The first kappa shape index (κ1) is 20.3. The Hall–Kier alpha value is -2.02. The van der Waals surface area contributed by atoms with Crippen LogP contribution in [0.25, 0.3) is 10.8 Å². The number of ether oxygens (including phenoxy) is 3. The summed E-state index contributed by atoms with van der Waals surface area (Å²) in [6.07, 6.45) is 3.37. The molecule has 0 spiro atoms. The number of rotatable bonds is 8. The van der Waals surface area contributed by atoms with E-state index in [1.807, 2.05) is 7.05 Å². The molecule has 6 heteroatoms. The third-order valence-electron chi connectivity index (χ3n) is 6.11. The lowest BCUT2D eigenvalue weighted by Gasteiger charge is -2.32. The maximum absolute atomic E-state index is 6.27. The molecule has 158 valence electrons. The highest BCUT2D eigenvalue weighted by molar-refractivity contribution is 5.92. The van der Waals surface area contributed by atoms with Gasteiger partial charge in [0.25, 0.3) is 0 Å². The maximum atomic E-state index is 6.27. The number of likely N-dealkylation sites (tertiary alicyclic amines) is 1. The van der Waals surface area contributed by atoms with E-state index >= 15 is 0 Å². The molecule has 2 aromatic carbocycles. The van der Waals surface area contributed by atoms with Gasteiger partial charge in [0.05, 0.1) is 13.2 Å². The topological polar surface area (TPSA) is 69.0 Å². The van der Waals surface area contributed by atoms with Crippen LogP contribution in [0.1, 0.15) is 30.7 Å². The summed E-state index contributed by atoms with van der Waals surface area (Å²) < 4.78 is 17.4. The van der Waals surface area contributed by atoms with E-state index in [0.717, 1.165) is 68.3 Å². The first-order chi connectivity index (χ1) is 14.2. The number of hydrogen-bond donors (Lipinski definition) is 2. The van der Waals surface area contributed by atoms with Crippen molar-refractivity contribution in [2.75, 3.05) is 58.9 Å². The highest BCUT2D eigenvalue weighted by Gasteiger charge is 2.21. The molecular weight excluding hydrogens is 366 g/mol. The van der Waals surface area contributed by atoms with Crippen molar-refractivity contribution in [3.8, 4) is 11.5 Å². The van der Waals surface area contributed by atoms with Crippen LogP contribution < -0.4 is 20.5 Å². The summed E-state index contributed by atoms with van der Waals surface area (Å²) in [5.74, 6) is 2.02. The number of nitrogens with two attached hydrogens (primary N) is 1. The van der Waals surface area contributed by atoms with Crippen LogP contribution in [-0.2, 0) is 4.74 Å². The molecule has 2 aromatic rings. The number of anilines is 1. The Morgan fingerprint density at radius 1 is 1.17 bits per heavy atom. The molecule has 0 radical (unpaired) electrons. The molecule has 4 rings (SSSR count). The van der Waals surface area contributed by atoms with Gasteiger partial charge in [-0.25, -0.2) is 0 Å². The smallest absolute Gasteiger partial charge is 0.161 e. The van der Waals surface area contributed by atoms with Gasteiger partial charge in [0, 0.05) is 32.5 Å². The second kappa shape index (κ2) is 9.20. The molecule has 0 unspecified atom stereocenters. The Bertz CT molecular complexity index is 832. The second-order valence-electron chi connectivity index (χ2n) is 8.15. The molecule has 2 aliphatic rings. The molecule has 2 fully saturated rings. The van der Waals surface area contributed by atoms with Crippen LogP contribution in [0.5, 0.6) is 11.5 Å². The van der Waals surface area contributed by atoms with Crippen molar-refractivity contribution in [3.05, 3.63) is 29.8 Å². The molecule has 1 atom stereocenters. The minimum atomic E-state index is -0.00264. The standard InChI is InChI=1S/C23H33N3O3/c1-25-19-10-17-11-23(29-15-18(24)14-26-6-3-7-26)22(27-2)13-21(17)20(12-19)16-4-8-28-9-5-16/h10-13,16,18,25H,3-9,14-15,24H2,1-2H3/t18-/m1/s1. The van der Waals surface area contributed by atoms with E-state index in [0.29, 0.717) is 12.5 Å².